The Labute approximate surface area is 119 Å². The average molecular weight is 270 g/mol. The molecule has 1 aliphatic carbocycles. The van der Waals surface area contributed by atoms with Gasteiger partial charge in [-0.25, -0.2) is 0 Å². The summed E-state index contributed by atoms with van der Waals surface area (Å²) in [7, 11) is 2.10. The van der Waals surface area contributed by atoms with Crippen molar-refractivity contribution in [1.82, 2.24) is 10.2 Å². The molecule has 1 rings (SSSR count). The highest BCUT2D eigenvalue weighted by Crippen LogP contribution is 2.41. The summed E-state index contributed by atoms with van der Waals surface area (Å²) < 4.78 is 0. The maximum absolute atomic E-state index is 9.32. The molecule has 1 aliphatic rings. The van der Waals surface area contributed by atoms with E-state index < -0.39 is 0 Å². The second-order valence-electron chi connectivity index (χ2n) is 6.74. The SMILES string of the molecule is CCC(CC)N(CCO)CC1CCC(C)(C)C1NC. The summed E-state index contributed by atoms with van der Waals surface area (Å²) in [5.74, 6) is 0.715. The van der Waals surface area contributed by atoms with Gasteiger partial charge in [-0.2, -0.15) is 0 Å². The van der Waals surface area contributed by atoms with Crippen LogP contribution in [0.2, 0.25) is 0 Å². The fourth-order valence-electron chi connectivity index (χ4n) is 4.00. The number of nitrogens with zero attached hydrogens (tertiary/aromatic N) is 1. The fraction of sp³-hybridized carbons (Fsp3) is 1.00. The van der Waals surface area contributed by atoms with E-state index >= 15 is 0 Å². The molecule has 3 heteroatoms. The Hall–Kier alpha value is -0.120. The normalized spacial score (nSPS) is 26.5. The van der Waals surface area contributed by atoms with Gasteiger partial charge in [-0.15, -0.1) is 0 Å². The van der Waals surface area contributed by atoms with Crippen LogP contribution in [0, 0.1) is 11.3 Å². The van der Waals surface area contributed by atoms with Gasteiger partial charge in [0.05, 0.1) is 6.61 Å². The molecule has 0 aromatic carbocycles. The van der Waals surface area contributed by atoms with Crippen LogP contribution in [0.25, 0.3) is 0 Å². The van der Waals surface area contributed by atoms with Crippen molar-refractivity contribution in [2.24, 2.45) is 11.3 Å². The Kier molecular flexibility index (Phi) is 6.78. The monoisotopic (exact) mass is 270 g/mol. The summed E-state index contributed by atoms with van der Waals surface area (Å²) in [6.45, 7) is 11.5. The zero-order chi connectivity index (χ0) is 14.5. The molecule has 0 spiro atoms. The standard InChI is InChI=1S/C16H34N2O/c1-6-14(7-2)18(10-11-19)12-13-8-9-16(3,4)15(13)17-5/h13-15,17,19H,6-12H2,1-5H3. The van der Waals surface area contributed by atoms with E-state index in [4.69, 9.17) is 0 Å². The lowest BCUT2D eigenvalue weighted by molar-refractivity contribution is 0.112. The summed E-state index contributed by atoms with van der Waals surface area (Å²) in [6, 6.07) is 1.22. The van der Waals surface area contributed by atoms with Gasteiger partial charge in [-0.05, 0) is 44.1 Å². The number of hydrogen-bond donors (Lipinski definition) is 2. The first-order chi connectivity index (χ1) is 9.00. The first kappa shape index (κ1) is 16.9. The predicted molar refractivity (Wildman–Crippen MR) is 82.4 cm³/mol. The highest BCUT2D eigenvalue weighted by atomic mass is 16.3. The maximum atomic E-state index is 9.32. The van der Waals surface area contributed by atoms with Crippen LogP contribution in [-0.2, 0) is 0 Å². The predicted octanol–water partition coefficient (Wildman–Crippen LogP) is 2.49. The Bertz CT molecular complexity index is 251. The van der Waals surface area contributed by atoms with E-state index in [1.165, 1.54) is 25.7 Å². The third-order valence-corrected chi connectivity index (χ3v) is 5.10. The van der Waals surface area contributed by atoms with E-state index in [0.29, 0.717) is 23.4 Å². The van der Waals surface area contributed by atoms with Crippen molar-refractivity contribution in [2.75, 3.05) is 26.7 Å². The zero-order valence-electron chi connectivity index (χ0n) is 13.6. The van der Waals surface area contributed by atoms with E-state index in [2.05, 4.69) is 45.0 Å². The van der Waals surface area contributed by atoms with Gasteiger partial charge in [0.25, 0.3) is 0 Å². The molecule has 19 heavy (non-hydrogen) atoms. The van der Waals surface area contributed by atoms with Gasteiger partial charge in [-0.1, -0.05) is 27.7 Å². The Morgan fingerprint density at radius 2 is 1.95 bits per heavy atom. The molecule has 2 atom stereocenters. The largest absolute Gasteiger partial charge is 0.395 e. The minimum Gasteiger partial charge on any atom is -0.395 e. The molecular formula is C16H34N2O. The van der Waals surface area contributed by atoms with Gasteiger partial charge < -0.3 is 10.4 Å². The van der Waals surface area contributed by atoms with E-state index in [-0.39, 0.29) is 6.61 Å². The third kappa shape index (κ3) is 4.17. The molecule has 2 unspecified atom stereocenters. The van der Waals surface area contributed by atoms with Crippen molar-refractivity contribution < 1.29 is 5.11 Å². The zero-order valence-corrected chi connectivity index (χ0v) is 13.6. The van der Waals surface area contributed by atoms with E-state index in [1.807, 2.05) is 0 Å². The number of aliphatic hydroxyl groups excluding tert-OH is 1. The molecule has 1 fully saturated rings. The quantitative estimate of drug-likeness (QED) is 0.711. The number of aliphatic hydroxyl groups is 1. The van der Waals surface area contributed by atoms with Crippen LogP contribution in [0.1, 0.15) is 53.4 Å². The second-order valence-corrected chi connectivity index (χ2v) is 6.74. The second kappa shape index (κ2) is 7.61. The molecule has 0 bridgehead atoms. The first-order valence-electron chi connectivity index (χ1n) is 8.02. The Balaban J connectivity index is 2.68. The summed E-state index contributed by atoms with van der Waals surface area (Å²) >= 11 is 0. The molecule has 0 aromatic rings. The summed E-state index contributed by atoms with van der Waals surface area (Å²) in [5, 5.41) is 12.9. The van der Waals surface area contributed by atoms with Crippen LogP contribution in [0.4, 0.5) is 0 Å². The van der Waals surface area contributed by atoms with Crippen LogP contribution in [0.5, 0.6) is 0 Å². The van der Waals surface area contributed by atoms with Crippen molar-refractivity contribution in [3.8, 4) is 0 Å². The van der Waals surface area contributed by atoms with E-state index in [0.717, 1.165) is 13.1 Å². The highest BCUT2D eigenvalue weighted by Gasteiger charge is 2.41. The Morgan fingerprint density at radius 3 is 2.42 bits per heavy atom. The molecule has 0 heterocycles. The highest BCUT2D eigenvalue weighted by molar-refractivity contribution is 4.96. The fourth-order valence-corrected chi connectivity index (χ4v) is 4.00. The molecule has 0 radical (unpaired) electrons. The van der Waals surface area contributed by atoms with Crippen LogP contribution >= 0.6 is 0 Å². The molecule has 0 aliphatic heterocycles. The molecule has 114 valence electrons. The topological polar surface area (TPSA) is 35.5 Å². The molecule has 3 nitrogen and oxygen atoms in total. The average Bonchev–Trinajstić information content (AvgIpc) is 2.65. The number of nitrogens with one attached hydrogen (secondary N) is 1. The van der Waals surface area contributed by atoms with Crippen molar-refractivity contribution in [3.05, 3.63) is 0 Å². The van der Waals surface area contributed by atoms with Crippen LogP contribution in [-0.4, -0.2) is 48.8 Å². The molecule has 0 aromatic heterocycles. The smallest absolute Gasteiger partial charge is 0.0558 e. The lowest BCUT2D eigenvalue weighted by Crippen LogP contribution is -2.47. The molecule has 0 amide bonds. The van der Waals surface area contributed by atoms with Crippen LogP contribution in [0.3, 0.4) is 0 Å². The van der Waals surface area contributed by atoms with Crippen molar-refractivity contribution in [2.45, 2.75) is 65.5 Å². The lowest BCUT2D eigenvalue weighted by Gasteiger charge is -2.36. The third-order valence-electron chi connectivity index (χ3n) is 5.10. The Morgan fingerprint density at radius 1 is 1.32 bits per heavy atom. The van der Waals surface area contributed by atoms with Crippen LogP contribution in [0.15, 0.2) is 0 Å². The summed E-state index contributed by atoms with van der Waals surface area (Å²) in [5.41, 5.74) is 0.401. The minimum absolute atomic E-state index is 0.275. The molecule has 0 saturated heterocycles. The summed E-state index contributed by atoms with van der Waals surface area (Å²) in [4.78, 5) is 2.51. The molecular weight excluding hydrogens is 236 g/mol. The summed E-state index contributed by atoms with van der Waals surface area (Å²) in [6.07, 6.45) is 4.97. The molecule has 1 saturated carbocycles. The van der Waals surface area contributed by atoms with Gasteiger partial charge in [-0.3, -0.25) is 4.90 Å². The van der Waals surface area contributed by atoms with Gasteiger partial charge in [0, 0.05) is 25.2 Å². The van der Waals surface area contributed by atoms with Crippen molar-refractivity contribution in [1.29, 1.82) is 0 Å². The first-order valence-corrected chi connectivity index (χ1v) is 8.02. The number of rotatable bonds is 8. The minimum atomic E-state index is 0.275. The van der Waals surface area contributed by atoms with E-state index in [1.54, 1.807) is 0 Å². The lowest BCUT2D eigenvalue weighted by atomic mass is 9.84. The number of hydrogen-bond acceptors (Lipinski definition) is 3. The van der Waals surface area contributed by atoms with Gasteiger partial charge in [0.2, 0.25) is 0 Å². The van der Waals surface area contributed by atoms with Crippen molar-refractivity contribution in [3.63, 3.8) is 0 Å². The van der Waals surface area contributed by atoms with Gasteiger partial charge >= 0.3 is 0 Å². The van der Waals surface area contributed by atoms with Crippen molar-refractivity contribution >= 4 is 0 Å². The van der Waals surface area contributed by atoms with Gasteiger partial charge in [0.1, 0.15) is 0 Å². The van der Waals surface area contributed by atoms with E-state index in [9.17, 15) is 5.11 Å². The van der Waals surface area contributed by atoms with Gasteiger partial charge in [0.15, 0.2) is 0 Å². The van der Waals surface area contributed by atoms with Crippen LogP contribution < -0.4 is 5.32 Å². The molecule has 2 N–H and O–H groups in total. The maximum Gasteiger partial charge on any atom is 0.0558 e.